The highest BCUT2D eigenvalue weighted by atomic mass is 35.5. The van der Waals surface area contributed by atoms with Gasteiger partial charge in [0.1, 0.15) is 11.9 Å². The molecule has 1 aliphatic heterocycles. The number of morpholine rings is 1. The van der Waals surface area contributed by atoms with Crippen LogP contribution in [-0.4, -0.2) is 25.8 Å². The van der Waals surface area contributed by atoms with Crippen LogP contribution < -0.4 is 10.1 Å². The molecule has 0 bridgehead atoms. The predicted octanol–water partition coefficient (Wildman–Crippen LogP) is 3.87. The van der Waals surface area contributed by atoms with Gasteiger partial charge in [-0.05, 0) is 29.8 Å². The molecule has 2 aromatic carbocycles. The fourth-order valence-corrected chi connectivity index (χ4v) is 2.57. The fourth-order valence-electron chi connectivity index (χ4n) is 2.44. The van der Waals surface area contributed by atoms with Crippen LogP contribution in [-0.2, 0) is 4.74 Å². The number of halogens is 2. The van der Waals surface area contributed by atoms with Gasteiger partial charge in [-0.3, -0.25) is 0 Å². The minimum atomic E-state index is -0.139. The molecule has 1 heterocycles. The van der Waals surface area contributed by atoms with Gasteiger partial charge < -0.3 is 14.8 Å². The summed E-state index contributed by atoms with van der Waals surface area (Å²) in [5.74, 6) is 0.794. The van der Waals surface area contributed by atoms with Gasteiger partial charge in [0.25, 0.3) is 0 Å². The first-order valence-electron chi connectivity index (χ1n) is 7.12. The van der Waals surface area contributed by atoms with Crippen molar-refractivity contribution in [1.82, 2.24) is 5.32 Å². The maximum absolute atomic E-state index is 6.17. The highest BCUT2D eigenvalue weighted by molar-refractivity contribution is 6.30. The fraction of sp³-hybridized carbons (Fsp3) is 0.294. The quantitative estimate of drug-likeness (QED) is 0.917. The molecule has 22 heavy (non-hydrogen) atoms. The Kier molecular flexibility index (Phi) is 6.52. The van der Waals surface area contributed by atoms with Crippen molar-refractivity contribution in [3.05, 3.63) is 65.2 Å². The Bertz CT molecular complexity index is 557. The smallest absolute Gasteiger partial charge is 0.151 e. The van der Waals surface area contributed by atoms with Crippen LogP contribution in [0.2, 0.25) is 5.02 Å². The molecule has 3 nitrogen and oxygen atoms in total. The zero-order valence-electron chi connectivity index (χ0n) is 12.1. The third kappa shape index (κ3) is 4.37. The molecule has 5 heteroatoms. The van der Waals surface area contributed by atoms with Crippen LogP contribution in [0, 0.1) is 0 Å². The zero-order chi connectivity index (χ0) is 14.5. The van der Waals surface area contributed by atoms with Crippen LogP contribution in [0.15, 0.2) is 54.6 Å². The molecule has 0 saturated carbocycles. The number of benzene rings is 2. The van der Waals surface area contributed by atoms with Crippen LogP contribution in [0.3, 0.4) is 0 Å². The molecule has 1 fully saturated rings. The first kappa shape index (κ1) is 17.1. The standard InChI is InChI=1S/C17H18ClNO2.ClH/c18-14-6-8-15(9-7-14)21-17(13-4-2-1-3-5-13)16-12-19-10-11-20-16;/h1-9,16-17,19H,10-12H2;1H. The summed E-state index contributed by atoms with van der Waals surface area (Å²) in [4.78, 5) is 0. The molecule has 1 aliphatic rings. The van der Waals surface area contributed by atoms with Gasteiger partial charge in [-0.1, -0.05) is 41.9 Å². The lowest BCUT2D eigenvalue weighted by Gasteiger charge is -2.31. The summed E-state index contributed by atoms with van der Waals surface area (Å²) in [7, 11) is 0. The van der Waals surface area contributed by atoms with E-state index in [1.165, 1.54) is 0 Å². The summed E-state index contributed by atoms with van der Waals surface area (Å²) in [6, 6.07) is 17.6. The third-order valence-corrected chi connectivity index (χ3v) is 3.75. The number of rotatable bonds is 4. The molecule has 1 N–H and O–H groups in total. The number of hydrogen-bond acceptors (Lipinski definition) is 3. The van der Waals surface area contributed by atoms with Crippen LogP contribution in [0.25, 0.3) is 0 Å². The summed E-state index contributed by atoms with van der Waals surface area (Å²) in [6.07, 6.45) is -0.142. The van der Waals surface area contributed by atoms with Gasteiger partial charge in [0.15, 0.2) is 6.10 Å². The van der Waals surface area contributed by atoms with E-state index in [0.717, 1.165) is 24.4 Å². The molecular formula is C17H19Cl2NO2. The van der Waals surface area contributed by atoms with Crippen molar-refractivity contribution in [2.24, 2.45) is 0 Å². The summed E-state index contributed by atoms with van der Waals surface area (Å²) in [5.41, 5.74) is 1.11. The lowest BCUT2D eigenvalue weighted by Crippen LogP contribution is -2.43. The van der Waals surface area contributed by atoms with E-state index < -0.39 is 0 Å². The van der Waals surface area contributed by atoms with E-state index in [9.17, 15) is 0 Å². The molecular weight excluding hydrogens is 321 g/mol. The minimum absolute atomic E-state index is 0. The molecule has 2 unspecified atom stereocenters. The van der Waals surface area contributed by atoms with Crippen molar-refractivity contribution in [2.45, 2.75) is 12.2 Å². The SMILES string of the molecule is Cl.Clc1ccc(OC(c2ccccc2)C2CNCCO2)cc1. The molecule has 0 amide bonds. The Labute approximate surface area is 142 Å². The van der Waals surface area contributed by atoms with Gasteiger partial charge in [0, 0.05) is 18.1 Å². The van der Waals surface area contributed by atoms with Gasteiger partial charge in [-0.15, -0.1) is 12.4 Å². The van der Waals surface area contributed by atoms with Gasteiger partial charge in [-0.25, -0.2) is 0 Å². The van der Waals surface area contributed by atoms with Crippen LogP contribution in [0.5, 0.6) is 5.75 Å². The normalized spacial score (nSPS) is 19.0. The second-order valence-electron chi connectivity index (χ2n) is 5.02. The molecule has 2 atom stereocenters. The van der Waals surface area contributed by atoms with Gasteiger partial charge in [0.2, 0.25) is 0 Å². The Hall–Kier alpha value is -1.26. The molecule has 3 rings (SSSR count). The monoisotopic (exact) mass is 339 g/mol. The van der Waals surface area contributed by atoms with E-state index >= 15 is 0 Å². The molecule has 0 spiro atoms. The Morgan fingerprint density at radius 2 is 1.82 bits per heavy atom. The van der Waals surface area contributed by atoms with Crippen molar-refractivity contribution >= 4 is 24.0 Å². The first-order valence-corrected chi connectivity index (χ1v) is 7.50. The lowest BCUT2D eigenvalue weighted by molar-refractivity contribution is -0.0432. The van der Waals surface area contributed by atoms with Crippen molar-refractivity contribution in [1.29, 1.82) is 0 Å². The molecule has 0 aliphatic carbocycles. The van der Waals surface area contributed by atoms with E-state index in [1.54, 1.807) is 0 Å². The summed E-state index contributed by atoms with van der Waals surface area (Å²) in [6.45, 7) is 2.38. The predicted molar refractivity (Wildman–Crippen MR) is 91.1 cm³/mol. The van der Waals surface area contributed by atoms with Crippen LogP contribution >= 0.6 is 24.0 Å². The molecule has 2 aromatic rings. The molecule has 0 radical (unpaired) electrons. The summed E-state index contributed by atoms with van der Waals surface area (Å²) in [5, 5.41) is 4.06. The second kappa shape index (κ2) is 8.39. The largest absolute Gasteiger partial charge is 0.483 e. The van der Waals surface area contributed by atoms with Crippen molar-refractivity contribution < 1.29 is 9.47 Å². The summed E-state index contributed by atoms with van der Waals surface area (Å²) >= 11 is 5.92. The number of hydrogen-bond donors (Lipinski definition) is 1. The average Bonchev–Trinajstić information content (AvgIpc) is 2.56. The lowest BCUT2D eigenvalue weighted by atomic mass is 10.0. The highest BCUT2D eigenvalue weighted by Gasteiger charge is 2.27. The van der Waals surface area contributed by atoms with E-state index in [-0.39, 0.29) is 24.6 Å². The van der Waals surface area contributed by atoms with Crippen LogP contribution in [0.4, 0.5) is 0 Å². The molecule has 1 saturated heterocycles. The van der Waals surface area contributed by atoms with Gasteiger partial charge in [-0.2, -0.15) is 0 Å². The van der Waals surface area contributed by atoms with E-state index in [1.807, 2.05) is 42.5 Å². The topological polar surface area (TPSA) is 30.5 Å². The average molecular weight is 340 g/mol. The van der Waals surface area contributed by atoms with Crippen LogP contribution in [0.1, 0.15) is 11.7 Å². The zero-order valence-corrected chi connectivity index (χ0v) is 13.6. The maximum atomic E-state index is 6.17. The van der Waals surface area contributed by atoms with Gasteiger partial charge in [0.05, 0.1) is 6.61 Å². The van der Waals surface area contributed by atoms with Crippen molar-refractivity contribution in [3.63, 3.8) is 0 Å². The minimum Gasteiger partial charge on any atom is -0.483 e. The first-order chi connectivity index (χ1) is 10.3. The molecule has 118 valence electrons. The van der Waals surface area contributed by atoms with E-state index in [2.05, 4.69) is 17.4 Å². The number of nitrogens with one attached hydrogen (secondary N) is 1. The Balaban J connectivity index is 0.00000176. The van der Waals surface area contributed by atoms with E-state index in [4.69, 9.17) is 21.1 Å². The Morgan fingerprint density at radius 3 is 2.45 bits per heavy atom. The second-order valence-corrected chi connectivity index (χ2v) is 5.45. The third-order valence-electron chi connectivity index (χ3n) is 3.50. The maximum Gasteiger partial charge on any atom is 0.151 e. The Morgan fingerprint density at radius 1 is 1.09 bits per heavy atom. The van der Waals surface area contributed by atoms with E-state index in [0.29, 0.717) is 11.6 Å². The molecule has 0 aromatic heterocycles. The van der Waals surface area contributed by atoms with Crippen molar-refractivity contribution in [2.75, 3.05) is 19.7 Å². The number of ether oxygens (including phenoxy) is 2. The summed E-state index contributed by atoms with van der Waals surface area (Å²) < 4.78 is 12.0. The highest BCUT2D eigenvalue weighted by Crippen LogP contribution is 2.28. The van der Waals surface area contributed by atoms with Crippen molar-refractivity contribution in [3.8, 4) is 5.75 Å². The van der Waals surface area contributed by atoms with Gasteiger partial charge >= 0.3 is 0 Å².